The summed E-state index contributed by atoms with van der Waals surface area (Å²) in [5.41, 5.74) is 6.36. The minimum absolute atomic E-state index is 0.391. The monoisotopic (exact) mass is 248 g/mol. The van der Waals surface area contributed by atoms with E-state index in [-0.39, 0.29) is 0 Å². The predicted octanol–water partition coefficient (Wildman–Crippen LogP) is 1.75. The molecule has 2 rings (SSSR count). The second-order valence-electron chi connectivity index (χ2n) is 5.56. The lowest BCUT2D eigenvalue weighted by molar-refractivity contribution is -0.0104. The van der Waals surface area contributed by atoms with Crippen LogP contribution in [0.2, 0.25) is 0 Å². The van der Waals surface area contributed by atoms with Gasteiger partial charge in [0.1, 0.15) is 0 Å². The van der Waals surface area contributed by atoms with Gasteiger partial charge in [-0.1, -0.05) is 30.3 Å². The molecule has 0 amide bonds. The van der Waals surface area contributed by atoms with Crippen molar-refractivity contribution in [2.75, 3.05) is 13.6 Å². The molecule has 3 nitrogen and oxygen atoms in total. The molecule has 0 unspecified atom stereocenters. The Morgan fingerprint density at radius 2 is 1.89 bits per heavy atom. The minimum Gasteiger partial charge on any atom is -0.389 e. The van der Waals surface area contributed by atoms with Crippen LogP contribution in [0.3, 0.4) is 0 Å². The first-order valence-electron chi connectivity index (χ1n) is 6.79. The Morgan fingerprint density at radius 1 is 1.28 bits per heavy atom. The highest BCUT2D eigenvalue weighted by Crippen LogP contribution is 2.30. The zero-order valence-corrected chi connectivity index (χ0v) is 11.2. The topological polar surface area (TPSA) is 49.5 Å². The van der Waals surface area contributed by atoms with Crippen LogP contribution in [-0.2, 0) is 6.54 Å². The number of rotatable bonds is 4. The second-order valence-corrected chi connectivity index (χ2v) is 5.56. The van der Waals surface area contributed by atoms with Crippen molar-refractivity contribution in [3.8, 4) is 0 Å². The lowest BCUT2D eigenvalue weighted by Gasteiger charge is -2.39. The van der Waals surface area contributed by atoms with Gasteiger partial charge in [-0.05, 0) is 38.3 Å². The van der Waals surface area contributed by atoms with Gasteiger partial charge in [0, 0.05) is 19.1 Å². The van der Waals surface area contributed by atoms with Gasteiger partial charge in [0.05, 0.1) is 5.60 Å². The molecule has 1 aliphatic rings. The van der Waals surface area contributed by atoms with Crippen LogP contribution < -0.4 is 5.73 Å². The normalized spacial score (nSPS) is 28.6. The Labute approximate surface area is 110 Å². The zero-order chi connectivity index (χ0) is 13.0. The zero-order valence-electron chi connectivity index (χ0n) is 11.2. The number of hydrogen-bond acceptors (Lipinski definition) is 3. The summed E-state index contributed by atoms with van der Waals surface area (Å²) < 4.78 is 0. The largest absolute Gasteiger partial charge is 0.389 e. The summed E-state index contributed by atoms with van der Waals surface area (Å²) in [7, 11) is 2.17. The molecule has 0 heterocycles. The van der Waals surface area contributed by atoms with E-state index in [2.05, 4.69) is 36.2 Å². The van der Waals surface area contributed by atoms with Gasteiger partial charge in [0.25, 0.3) is 0 Å². The maximum Gasteiger partial charge on any atom is 0.0770 e. The predicted molar refractivity (Wildman–Crippen MR) is 74.2 cm³/mol. The van der Waals surface area contributed by atoms with E-state index in [1.165, 1.54) is 5.56 Å². The Morgan fingerprint density at radius 3 is 2.44 bits per heavy atom. The molecule has 0 atom stereocenters. The Balaban J connectivity index is 1.86. The fourth-order valence-electron chi connectivity index (χ4n) is 2.79. The lowest BCUT2D eigenvalue weighted by atomic mass is 9.82. The number of benzene rings is 1. The van der Waals surface area contributed by atoms with Crippen LogP contribution >= 0.6 is 0 Å². The Kier molecular flexibility index (Phi) is 4.38. The Bertz CT molecular complexity index is 358. The third kappa shape index (κ3) is 3.31. The third-order valence-corrected chi connectivity index (χ3v) is 4.16. The van der Waals surface area contributed by atoms with Crippen LogP contribution in [0.1, 0.15) is 31.2 Å². The summed E-state index contributed by atoms with van der Waals surface area (Å²) >= 11 is 0. The summed E-state index contributed by atoms with van der Waals surface area (Å²) in [4.78, 5) is 2.39. The second kappa shape index (κ2) is 5.83. The number of nitrogens with two attached hydrogens (primary N) is 1. The van der Waals surface area contributed by atoms with Gasteiger partial charge in [-0.15, -0.1) is 0 Å². The van der Waals surface area contributed by atoms with Crippen molar-refractivity contribution in [2.24, 2.45) is 5.73 Å². The summed E-state index contributed by atoms with van der Waals surface area (Å²) in [5.74, 6) is 0. The highest BCUT2D eigenvalue weighted by Gasteiger charge is 2.33. The van der Waals surface area contributed by atoms with Crippen LogP contribution in [0, 0.1) is 0 Å². The van der Waals surface area contributed by atoms with Crippen LogP contribution in [0.15, 0.2) is 30.3 Å². The number of nitrogens with zero attached hydrogens (tertiary/aromatic N) is 1. The molecule has 0 saturated heterocycles. The molecule has 1 aromatic rings. The first-order chi connectivity index (χ1) is 8.63. The maximum absolute atomic E-state index is 10.1. The molecule has 3 heteroatoms. The van der Waals surface area contributed by atoms with Crippen LogP contribution in [0.25, 0.3) is 0 Å². The molecule has 0 aromatic heterocycles. The minimum atomic E-state index is -0.607. The van der Waals surface area contributed by atoms with Crippen molar-refractivity contribution < 1.29 is 5.11 Å². The van der Waals surface area contributed by atoms with E-state index < -0.39 is 5.60 Å². The smallest absolute Gasteiger partial charge is 0.0770 e. The first-order valence-corrected chi connectivity index (χ1v) is 6.79. The fraction of sp³-hybridized carbons (Fsp3) is 0.600. The van der Waals surface area contributed by atoms with E-state index in [9.17, 15) is 5.11 Å². The summed E-state index contributed by atoms with van der Waals surface area (Å²) in [5, 5.41) is 10.1. The highest BCUT2D eigenvalue weighted by molar-refractivity contribution is 5.14. The molecule has 18 heavy (non-hydrogen) atoms. The van der Waals surface area contributed by atoms with E-state index in [1.807, 2.05) is 6.07 Å². The van der Waals surface area contributed by atoms with Gasteiger partial charge < -0.3 is 10.8 Å². The summed E-state index contributed by atoms with van der Waals surface area (Å²) in [6.07, 6.45) is 3.73. The molecule has 0 aliphatic heterocycles. The fourth-order valence-corrected chi connectivity index (χ4v) is 2.79. The molecule has 100 valence electrons. The van der Waals surface area contributed by atoms with Gasteiger partial charge in [0.15, 0.2) is 0 Å². The molecule has 1 fully saturated rings. The number of hydrogen-bond donors (Lipinski definition) is 2. The van der Waals surface area contributed by atoms with Crippen molar-refractivity contribution in [3.63, 3.8) is 0 Å². The van der Waals surface area contributed by atoms with Gasteiger partial charge in [-0.25, -0.2) is 0 Å². The molecule has 0 radical (unpaired) electrons. The van der Waals surface area contributed by atoms with Crippen molar-refractivity contribution in [1.29, 1.82) is 0 Å². The van der Waals surface area contributed by atoms with Crippen molar-refractivity contribution >= 4 is 0 Å². The van der Waals surface area contributed by atoms with Crippen molar-refractivity contribution in [1.82, 2.24) is 4.90 Å². The molecule has 1 saturated carbocycles. The average molecular weight is 248 g/mol. The molecule has 1 aliphatic carbocycles. The van der Waals surface area contributed by atoms with E-state index in [4.69, 9.17) is 5.73 Å². The Hall–Kier alpha value is -0.900. The van der Waals surface area contributed by atoms with E-state index in [0.29, 0.717) is 12.6 Å². The van der Waals surface area contributed by atoms with E-state index >= 15 is 0 Å². The average Bonchev–Trinajstić information content (AvgIpc) is 2.40. The number of aliphatic hydroxyl groups is 1. The third-order valence-electron chi connectivity index (χ3n) is 4.16. The molecular weight excluding hydrogens is 224 g/mol. The highest BCUT2D eigenvalue weighted by atomic mass is 16.3. The van der Waals surface area contributed by atoms with Gasteiger partial charge in [0.2, 0.25) is 0 Å². The van der Waals surface area contributed by atoms with Crippen molar-refractivity contribution in [2.45, 2.75) is 43.9 Å². The van der Waals surface area contributed by atoms with E-state index in [0.717, 1.165) is 32.2 Å². The maximum atomic E-state index is 10.1. The van der Waals surface area contributed by atoms with Crippen molar-refractivity contribution in [3.05, 3.63) is 35.9 Å². The SMILES string of the molecule is CN(Cc1ccccc1)C1CCC(O)(CN)CC1. The van der Waals surface area contributed by atoms with Crippen LogP contribution in [-0.4, -0.2) is 35.2 Å². The molecule has 0 spiro atoms. The van der Waals surface area contributed by atoms with Gasteiger partial charge in [-0.3, -0.25) is 4.90 Å². The molecule has 1 aromatic carbocycles. The van der Waals surface area contributed by atoms with E-state index in [1.54, 1.807) is 0 Å². The molecular formula is C15H24N2O. The molecule has 3 N–H and O–H groups in total. The molecule has 0 bridgehead atoms. The van der Waals surface area contributed by atoms with Crippen LogP contribution in [0.4, 0.5) is 0 Å². The van der Waals surface area contributed by atoms with Crippen LogP contribution in [0.5, 0.6) is 0 Å². The standard InChI is InChI=1S/C15H24N2O/c1-17(11-13-5-3-2-4-6-13)14-7-9-15(18,12-16)10-8-14/h2-6,14,18H,7-12,16H2,1H3. The lowest BCUT2D eigenvalue weighted by Crippen LogP contribution is -2.45. The van der Waals surface area contributed by atoms with Gasteiger partial charge in [-0.2, -0.15) is 0 Å². The van der Waals surface area contributed by atoms with Gasteiger partial charge >= 0.3 is 0 Å². The summed E-state index contributed by atoms with van der Waals surface area (Å²) in [6, 6.07) is 11.1. The summed E-state index contributed by atoms with van der Waals surface area (Å²) in [6.45, 7) is 1.37. The quantitative estimate of drug-likeness (QED) is 0.853. The first kappa shape index (κ1) is 13.5.